The fourth-order valence-corrected chi connectivity index (χ4v) is 1.49. The number of carbonyl (C=O) groups is 1. The quantitative estimate of drug-likeness (QED) is 0.722. The van der Waals surface area contributed by atoms with Gasteiger partial charge < -0.3 is 9.53 Å². The first-order valence-electron chi connectivity index (χ1n) is 4.38. The molecule has 0 aromatic carbocycles. The van der Waals surface area contributed by atoms with Crippen LogP contribution in [0.3, 0.4) is 0 Å². The summed E-state index contributed by atoms with van der Waals surface area (Å²) in [4.78, 5) is 14.9. The van der Waals surface area contributed by atoms with Gasteiger partial charge in [0.15, 0.2) is 5.75 Å². The van der Waals surface area contributed by atoms with Gasteiger partial charge in [0.05, 0.1) is 23.7 Å². The minimum atomic E-state index is -0.247. The zero-order valence-corrected chi connectivity index (χ0v) is 8.91. The highest BCUT2D eigenvalue weighted by Gasteiger charge is 2.17. The number of hydrogen-bond donors (Lipinski definition) is 0. The SMILES string of the molecule is CCC(C=O)c1nccc(Cl)c1OC. The number of hydrogen-bond acceptors (Lipinski definition) is 3. The Morgan fingerprint density at radius 1 is 1.71 bits per heavy atom. The molecule has 1 aromatic rings. The van der Waals surface area contributed by atoms with E-state index in [1.165, 1.54) is 7.11 Å². The Balaban J connectivity index is 3.18. The summed E-state index contributed by atoms with van der Waals surface area (Å²) in [5, 5.41) is 0.484. The van der Waals surface area contributed by atoms with Gasteiger partial charge in [0.2, 0.25) is 0 Å². The van der Waals surface area contributed by atoms with E-state index in [9.17, 15) is 4.79 Å². The van der Waals surface area contributed by atoms with Crippen molar-refractivity contribution in [2.75, 3.05) is 7.11 Å². The van der Waals surface area contributed by atoms with Crippen LogP contribution in [0.2, 0.25) is 5.02 Å². The maximum Gasteiger partial charge on any atom is 0.159 e. The number of halogens is 1. The zero-order chi connectivity index (χ0) is 10.6. The Labute approximate surface area is 88.1 Å². The van der Waals surface area contributed by atoms with E-state index in [4.69, 9.17) is 16.3 Å². The molecule has 0 saturated heterocycles. The van der Waals surface area contributed by atoms with Gasteiger partial charge in [-0.2, -0.15) is 0 Å². The van der Waals surface area contributed by atoms with E-state index < -0.39 is 0 Å². The maximum absolute atomic E-state index is 10.8. The first kappa shape index (κ1) is 11.0. The smallest absolute Gasteiger partial charge is 0.159 e. The maximum atomic E-state index is 10.8. The number of aldehydes is 1. The molecule has 76 valence electrons. The molecule has 14 heavy (non-hydrogen) atoms. The molecule has 1 unspecified atom stereocenters. The number of nitrogens with zero attached hydrogens (tertiary/aromatic N) is 1. The van der Waals surface area contributed by atoms with Crippen LogP contribution in [0.4, 0.5) is 0 Å². The summed E-state index contributed by atoms with van der Waals surface area (Å²) in [7, 11) is 1.52. The topological polar surface area (TPSA) is 39.2 Å². The Morgan fingerprint density at radius 2 is 2.43 bits per heavy atom. The van der Waals surface area contributed by atoms with E-state index in [1.54, 1.807) is 12.3 Å². The third-order valence-electron chi connectivity index (χ3n) is 2.04. The highest BCUT2D eigenvalue weighted by atomic mass is 35.5. The molecule has 0 fully saturated rings. The Morgan fingerprint density at radius 3 is 2.93 bits per heavy atom. The largest absolute Gasteiger partial charge is 0.493 e. The lowest BCUT2D eigenvalue weighted by molar-refractivity contribution is -0.109. The summed E-state index contributed by atoms with van der Waals surface area (Å²) < 4.78 is 5.11. The van der Waals surface area contributed by atoms with Gasteiger partial charge in [-0.3, -0.25) is 4.98 Å². The summed E-state index contributed by atoms with van der Waals surface area (Å²) in [5.74, 6) is 0.247. The second-order valence-electron chi connectivity index (χ2n) is 2.86. The number of carbonyl (C=O) groups excluding carboxylic acids is 1. The van der Waals surface area contributed by atoms with Crippen LogP contribution < -0.4 is 4.74 Å². The predicted molar refractivity (Wildman–Crippen MR) is 54.9 cm³/mol. The molecule has 0 aliphatic rings. The Hall–Kier alpha value is -1.09. The monoisotopic (exact) mass is 213 g/mol. The molecule has 4 heteroatoms. The van der Waals surface area contributed by atoms with Crippen LogP contribution in [0.1, 0.15) is 25.0 Å². The van der Waals surface area contributed by atoms with Crippen LogP contribution in [-0.2, 0) is 4.79 Å². The highest BCUT2D eigenvalue weighted by molar-refractivity contribution is 6.32. The molecule has 1 heterocycles. The Bertz CT molecular complexity index is 328. The van der Waals surface area contributed by atoms with Crippen molar-refractivity contribution >= 4 is 17.9 Å². The fourth-order valence-electron chi connectivity index (χ4n) is 1.26. The number of rotatable bonds is 4. The van der Waals surface area contributed by atoms with Crippen LogP contribution >= 0.6 is 11.6 Å². The van der Waals surface area contributed by atoms with E-state index in [-0.39, 0.29) is 5.92 Å². The van der Waals surface area contributed by atoms with E-state index in [0.717, 1.165) is 6.29 Å². The normalized spacial score (nSPS) is 12.2. The van der Waals surface area contributed by atoms with Crippen molar-refractivity contribution in [2.45, 2.75) is 19.3 Å². The number of ether oxygens (including phenoxy) is 1. The molecule has 3 nitrogen and oxygen atoms in total. The van der Waals surface area contributed by atoms with Crippen molar-refractivity contribution < 1.29 is 9.53 Å². The van der Waals surface area contributed by atoms with Crippen LogP contribution in [0.25, 0.3) is 0 Å². The molecular formula is C10H12ClNO2. The molecule has 0 spiro atoms. The lowest BCUT2D eigenvalue weighted by Gasteiger charge is -2.12. The molecule has 0 N–H and O–H groups in total. The standard InChI is InChI=1S/C10H12ClNO2/c1-3-7(6-13)9-10(14-2)8(11)4-5-12-9/h4-7H,3H2,1-2H3. The van der Waals surface area contributed by atoms with Gasteiger partial charge in [0, 0.05) is 6.20 Å². The van der Waals surface area contributed by atoms with Gasteiger partial charge >= 0.3 is 0 Å². The van der Waals surface area contributed by atoms with Gasteiger partial charge in [0.1, 0.15) is 6.29 Å². The van der Waals surface area contributed by atoms with Crippen molar-refractivity contribution in [1.29, 1.82) is 0 Å². The van der Waals surface area contributed by atoms with Crippen LogP contribution in [0, 0.1) is 0 Å². The zero-order valence-electron chi connectivity index (χ0n) is 8.16. The number of aromatic nitrogens is 1. The third kappa shape index (κ3) is 2.04. The predicted octanol–water partition coefficient (Wildman–Crippen LogP) is 2.44. The van der Waals surface area contributed by atoms with E-state index in [2.05, 4.69) is 4.98 Å². The molecule has 0 radical (unpaired) electrons. The van der Waals surface area contributed by atoms with E-state index >= 15 is 0 Å². The van der Waals surface area contributed by atoms with Gasteiger partial charge in [-0.15, -0.1) is 0 Å². The molecule has 1 atom stereocenters. The second-order valence-corrected chi connectivity index (χ2v) is 3.27. The van der Waals surface area contributed by atoms with Crippen LogP contribution in [-0.4, -0.2) is 18.4 Å². The molecule has 0 amide bonds. The van der Waals surface area contributed by atoms with Crippen molar-refractivity contribution in [2.24, 2.45) is 0 Å². The summed E-state index contributed by atoms with van der Waals surface area (Å²) in [6, 6.07) is 1.64. The van der Waals surface area contributed by atoms with Crippen molar-refractivity contribution in [1.82, 2.24) is 4.98 Å². The second kappa shape index (κ2) is 4.96. The fraction of sp³-hybridized carbons (Fsp3) is 0.400. The van der Waals surface area contributed by atoms with Gasteiger partial charge in [0.25, 0.3) is 0 Å². The average molecular weight is 214 g/mol. The molecule has 0 aliphatic carbocycles. The summed E-state index contributed by atoms with van der Waals surface area (Å²) in [6.45, 7) is 1.92. The minimum absolute atomic E-state index is 0.247. The highest BCUT2D eigenvalue weighted by Crippen LogP contribution is 2.31. The molecule has 1 rings (SSSR count). The molecule has 0 saturated carbocycles. The first-order chi connectivity index (χ1) is 6.74. The van der Waals surface area contributed by atoms with Crippen LogP contribution in [0.15, 0.2) is 12.3 Å². The van der Waals surface area contributed by atoms with Gasteiger partial charge in [-0.05, 0) is 12.5 Å². The van der Waals surface area contributed by atoms with Crippen molar-refractivity contribution in [3.8, 4) is 5.75 Å². The Kier molecular flexibility index (Phi) is 3.89. The molecular weight excluding hydrogens is 202 g/mol. The van der Waals surface area contributed by atoms with E-state index in [0.29, 0.717) is 22.9 Å². The minimum Gasteiger partial charge on any atom is -0.493 e. The third-order valence-corrected chi connectivity index (χ3v) is 2.34. The summed E-state index contributed by atoms with van der Waals surface area (Å²) in [5.41, 5.74) is 0.609. The lowest BCUT2D eigenvalue weighted by Crippen LogP contribution is -2.04. The molecule has 0 aliphatic heterocycles. The molecule has 0 bridgehead atoms. The van der Waals surface area contributed by atoms with E-state index in [1.807, 2.05) is 6.92 Å². The summed E-state index contributed by atoms with van der Waals surface area (Å²) >= 11 is 5.91. The van der Waals surface area contributed by atoms with Crippen molar-refractivity contribution in [3.05, 3.63) is 23.0 Å². The van der Waals surface area contributed by atoms with Gasteiger partial charge in [-0.1, -0.05) is 18.5 Å². The summed E-state index contributed by atoms with van der Waals surface area (Å²) in [6.07, 6.45) is 3.13. The number of methoxy groups -OCH3 is 1. The number of pyridine rings is 1. The van der Waals surface area contributed by atoms with Crippen LogP contribution in [0.5, 0.6) is 5.75 Å². The average Bonchev–Trinajstić information content (AvgIpc) is 2.20. The van der Waals surface area contributed by atoms with Gasteiger partial charge in [-0.25, -0.2) is 0 Å². The molecule has 1 aromatic heterocycles. The lowest BCUT2D eigenvalue weighted by atomic mass is 10.0. The first-order valence-corrected chi connectivity index (χ1v) is 4.76. The van der Waals surface area contributed by atoms with Crippen molar-refractivity contribution in [3.63, 3.8) is 0 Å².